The van der Waals surface area contributed by atoms with E-state index in [1.54, 1.807) is 18.7 Å². The molecule has 0 fully saturated rings. The fraction of sp³-hybridized carbons (Fsp3) is 0.333. The lowest BCUT2D eigenvalue weighted by Crippen LogP contribution is -2.28. The van der Waals surface area contributed by atoms with E-state index in [-0.39, 0.29) is 11.9 Å². The molecule has 1 N–H and O–H groups in total. The molecule has 1 aromatic carbocycles. The normalized spacial score (nSPS) is 19.5. The Balaban J connectivity index is 1.91. The maximum Gasteiger partial charge on any atom is 0.249 e. The molecule has 1 aliphatic heterocycles. The number of aryl methyl sites for hydroxylation is 1. The summed E-state index contributed by atoms with van der Waals surface area (Å²) in [6, 6.07) is 8.11. The number of amidine groups is 1. The lowest BCUT2D eigenvalue weighted by molar-refractivity contribution is -0.119. The predicted octanol–water partition coefficient (Wildman–Crippen LogP) is 2.00. The summed E-state index contributed by atoms with van der Waals surface area (Å²) < 4.78 is 0. The monoisotopic (exact) mass is 234 g/mol. The summed E-state index contributed by atoms with van der Waals surface area (Å²) in [4.78, 5) is 16.6. The van der Waals surface area contributed by atoms with Gasteiger partial charge in [-0.05, 0) is 26.0 Å². The van der Waals surface area contributed by atoms with Crippen LogP contribution in [-0.4, -0.2) is 23.5 Å². The summed E-state index contributed by atoms with van der Waals surface area (Å²) in [7, 11) is 0. The molecular weight excluding hydrogens is 220 g/mol. The highest BCUT2D eigenvalue weighted by Gasteiger charge is 2.21. The van der Waals surface area contributed by atoms with Crippen molar-refractivity contribution >= 4 is 23.5 Å². The summed E-state index contributed by atoms with van der Waals surface area (Å²) >= 11 is 1.68. The first-order chi connectivity index (χ1) is 7.65. The minimum absolute atomic E-state index is 0.000457. The second-order valence-corrected chi connectivity index (χ2v) is 4.89. The number of nitrogens with one attached hydrogen (secondary N) is 1. The molecule has 0 saturated heterocycles. The summed E-state index contributed by atoms with van der Waals surface area (Å²) in [5, 5.41) is 2.78. The molecule has 1 heterocycles. The first-order valence-corrected chi connectivity index (χ1v) is 6.21. The number of carbonyl (C=O) groups is 1. The van der Waals surface area contributed by atoms with Gasteiger partial charge in [-0.15, -0.1) is 11.8 Å². The van der Waals surface area contributed by atoms with E-state index in [0.29, 0.717) is 0 Å². The molecule has 0 saturated carbocycles. The number of aliphatic imine (C=N–C) groups is 1. The van der Waals surface area contributed by atoms with E-state index in [9.17, 15) is 4.79 Å². The first kappa shape index (κ1) is 11.2. The number of carbonyl (C=O) groups excluding carboxylic acids is 1. The van der Waals surface area contributed by atoms with Gasteiger partial charge in [0.2, 0.25) is 5.91 Å². The largest absolute Gasteiger partial charge is 0.312 e. The molecule has 2 rings (SSSR count). The summed E-state index contributed by atoms with van der Waals surface area (Å²) in [6.45, 7) is 3.87. The maximum absolute atomic E-state index is 11.2. The fourth-order valence-electron chi connectivity index (χ4n) is 1.43. The smallest absolute Gasteiger partial charge is 0.249 e. The summed E-state index contributed by atoms with van der Waals surface area (Å²) in [5.74, 6) is 1.50. The Morgan fingerprint density at radius 2 is 2.06 bits per heavy atom. The second kappa shape index (κ2) is 4.70. The van der Waals surface area contributed by atoms with Gasteiger partial charge in [-0.1, -0.05) is 17.7 Å². The van der Waals surface area contributed by atoms with Gasteiger partial charge in [0.05, 0.1) is 5.75 Å². The highest BCUT2D eigenvalue weighted by Crippen LogP contribution is 2.19. The molecule has 0 aliphatic carbocycles. The van der Waals surface area contributed by atoms with Gasteiger partial charge in [0.25, 0.3) is 0 Å². The molecule has 84 valence electrons. The zero-order chi connectivity index (χ0) is 11.5. The van der Waals surface area contributed by atoms with E-state index in [1.807, 2.05) is 0 Å². The van der Waals surface area contributed by atoms with Crippen LogP contribution >= 0.6 is 11.8 Å². The lowest BCUT2D eigenvalue weighted by Gasteiger charge is -2.02. The molecule has 0 radical (unpaired) electrons. The Morgan fingerprint density at radius 3 is 2.62 bits per heavy atom. The van der Waals surface area contributed by atoms with E-state index in [0.717, 1.165) is 11.6 Å². The second-order valence-electron chi connectivity index (χ2n) is 3.84. The lowest BCUT2D eigenvalue weighted by atomic mass is 10.2. The molecule has 4 heteroatoms. The van der Waals surface area contributed by atoms with Gasteiger partial charge >= 0.3 is 0 Å². The molecule has 1 atom stereocenters. The number of nitrogens with zero attached hydrogens (tertiary/aromatic N) is 1. The van der Waals surface area contributed by atoms with Crippen LogP contribution in [0.5, 0.6) is 0 Å². The number of hydrogen-bond donors (Lipinski definition) is 1. The topological polar surface area (TPSA) is 41.5 Å². The third-order valence-electron chi connectivity index (χ3n) is 2.39. The maximum atomic E-state index is 11.2. The van der Waals surface area contributed by atoms with Gasteiger partial charge in [0, 0.05) is 4.90 Å². The van der Waals surface area contributed by atoms with Crippen LogP contribution in [0, 0.1) is 6.92 Å². The first-order valence-electron chi connectivity index (χ1n) is 5.22. The molecular formula is C12H14N2OS. The Bertz CT molecular complexity index is 425. The van der Waals surface area contributed by atoms with Gasteiger partial charge in [-0.3, -0.25) is 9.79 Å². The van der Waals surface area contributed by atoms with Crippen LogP contribution in [0.2, 0.25) is 0 Å². The molecule has 1 amide bonds. The van der Waals surface area contributed by atoms with Gasteiger partial charge in [-0.2, -0.15) is 0 Å². The molecule has 0 aromatic heterocycles. The SMILES string of the molecule is Cc1ccc(SCC2=NC(C)C(=O)N2)cc1. The zero-order valence-electron chi connectivity index (χ0n) is 9.36. The van der Waals surface area contributed by atoms with Crippen LogP contribution in [0.3, 0.4) is 0 Å². The van der Waals surface area contributed by atoms with E-state index < -0.39 is 0 Å². The highest BCUT2D eigenvalue weighted by atomic mass is 32.2. The van der Waals surface area contributed by atoms with Crippen molar-refractivity contribution < 1.29 is 4.79 Å². The van der Waals surface area contributed by atoms with Crippen molar-refractivity contribution in [3.05, 3.63) is 29.8 Å². The van der Waals surface area contributed by atoms with Crippen molar-refractivity contribution in [1.29, 1.82) is 0 Å². The van der Waals surface area contributed by atoms with E-state index in [1.165, 1.54) is 10.5 Å². The van der Waals surface area contributed by atoms with Gasteiger partial charge < -0.3 is 5.32 Å². The predicted molar refractivity (Wildman–Crippen MR) is 66.9 cm³/mol. The molecule has 0 spiro atoms. The molecule has 1 unspecified atom stereocenters. The van der Waals surface area contributed by atoms with E-state index in [4.69, 9.17) is 0 Å². The van der Waals surface area contributed by atoms with Crippen molar-refractivity contribution in [3.8, 4) is 0 Å². The third-order valence-corrected chi connectivity index (χ3v) is 3.42. The quantitative estimate of drug-likeness (QED) is 0.813. The summed E-state index contributed by atoms with van der Waals surface area (Å²) in [5.41, 5.74) is 1.25. The Labute approximate surface area is 99.3 Å². The molecule has 0 bridgehead atoms. The van der Waals surface area contributed by atoms with Crippen molar-refractivity contribution in [1.82, 2.24) is 5.32 Å². The molecule has 3 nitrogen and oxygen atoms in total. The van der Waals surface area contributed by atoms with Crippen molar-refractivity contribution in [2.24, 2.45) is 4.99 Å². The standard InChI is InChI=1S/C12H14N2OS/c1-8-3-5-10(6-4-8)16-7-11-13-9(2)12(15)14-11/h3-6,9H,7H2,1-2H3,(H,13,14,15). The van der Waals surface area contributed by atoms with Crippen LogP contribution in [0.4, 0.5) is 0 Å². The van der Waals surface area contributed by atoms with Crippen LogP contribution < -0.4 is 5.32 Å². The van der Waals surface area contributed by atoms with Crippen LogP contribution in [-0.2, 0) is 4.79 Å². The van der Waals surface area contributed by atoms with Crippen molar-refractivity contribution in [2.75, 3.05) is 5.75 Å². The average molecular weight is 234 g/mol. The molecule has 16 heavy (non-hydrogen) atoms. The molecule has 1 aliphatic rings. The number of thioether (sulfide) groups is 1. The minimum atomic E-state index is -0.228. The Morgan fingerprint density at radius 1 is 1.38 bits per heavy atom. The third kappa shape index (κ3) is 2.64. The zero-order valence-corrected chi connectivity index (χ0v) is 10.2. The fourth-order valence-corrected chi connectivity index (χ4v) is 2.21. The van der Waals surface area contributed by atoms with Gasteiger partial charge in [0.1, 0.15) is 11.9 Å². The number of benzene rings is 1. The number of rotatable bonds is 3. The highest BCUT2D eigenvalue weighted by molar-refractivity contribution is 8.00. The molecule has 1 aromatic rings. The van der Waals surface area contributed by atoms with E-state index in [2.05, 4.69) is 41.5 Å². The number of hydrogen-bond acceptors (Lipinski definition) is 3. The van der Waals surface area contributed by atoms with Crippen molar-refractivity contribution in [2.45, 2.75) is 24.8 Å². The number of amides is 1. The summed E-state index contributed by atoms with van der Waals surface area (Å²) in [6.07, 6.45) is 0. The minimum Gasteiger partial charge on any atom is -0.312 e. The van der Waals surface area contributed by atoms with E-state index >= 15 is 0 Å². The Hall–Kier alpha value is -1.29. The van der Waals surface area contributed by atoms with Crippen LogP contribution in [0.1, 0.15) is 12.5 Å². The van der Waals surface area contributed by atoms with Gasteiger partial charge in [0.15, 0.2) is 0 Å². The Kier molecular flexibility index (Phi) is 3.29. The van der Waals surface area contributed by atoms with Crippen molar-refractivity contribution in [3.63, 3.8) is 0 Å². The van der Waals surface area contributed by atoms with Crippen LogP contribution in [0.25, 0.3) is 0 Å². The van der Waals surface area contributed by atoms with Crippen LogP contribution in [0.15, 0.2) is 34.2 Å². The van der Waals surface area contributed by atoms with Gasteiger partial charge in [-0.25, -0.2) is 0 Å². The average Bonchev–Trinajstić information content (AvgIpc) is 2.58.